The summed E-state index contributed by atoms with van der Waals surface area (Å²) in [5.41, 5.74) is 1.90. The zero-order chi connectivity index (χ0) is 19.1. The first-order chi connectivity index (χ1) is 13.1. The lowest BCUT2D eigenvalue weighted by atomic mass is 10.2. The number of nitrogens with one attached hydrogen (secondary N) is 2. The second-order valence-corrected chi connectivity index (χ2v) is 6.54. The number of aromatic nitrogens is 1. The summed E-state index contributed by atoms with van der Waals surface area (Å²) in [6.45, 7) is 0.349. The summed E-state index contributed by atoms with van der Waals surface area (Å²) in [4.78, 5) is 20.9. The second kappa shape index (κ2) is 9.05. The van der Waals surface area contributed by atoms with Crippen molar-refractivity contribution in [2.24, 2.45) is 4.99 Å². The van der Waals surface area contributed by atoms with Crippen molar-refractivity contribution in [2.75, 3.05) is 5.32 Å². The highest BCUT2D eigenvalue weighted by atomic mass is 79.9. The highest BCUT2D eigenvalue weighted by Gasteiger charge is 2.10. The SMILES string of the molecule is O=C(NC(=NCc1ccncc1)Nc1cccc(Br)c1)c1cccc(F)c1. The molecule has 7 heteroatoms. The number of guanidine groups is 1. The van der Waals surface area contributed by atoms with E-state index >= 15 is 0 Å². The third-order valence-corrected chi connectivity index (χ3v) is 4.07. The largest absolute Gasteiger partial charge is 0.326 e. The third kappa shape index (κ3) is 5.72. The highest BCUT2D eigenvalue weighted by molar-refractivity contribution is 9.10. The molecule has 2 N–H and O–H groups in total. The van der Waals surface area contributed by atoms with E-state index < -0.39 is 11.7 Å². The summed E-state index contributed by atoms with van der Waals surface area (Å²) in [7, 11) is 0. The molecule has 2 aromatic carbocycles. The molecule has 0 fully saturated rings. The molecule has 1 heterocycles. The number of rotatable bonds is 4. The van der Waals surface area contributed by atoms with Crippen LogP contribution in [0.25, 0.3) is 0 Å². The minimum atomic E-state index is -0.474. The lowest BCUT2D eigenvalue weighted by Gasteiger charge is -2.12. The molecule has 0 bridgehead atoms. The number of nitrogens with zero attached hydrogens (tertiary/aromatic N) is 2. The third-order valence-electron chi connectivity index (χ3n) is 3.58. The molecule has 136 valence electrons. The lowest BCUT2D eigenvalue weighted by Crippen LogP contribution is -2.36. The van der Waals surface area contributed by atoms with Gasteiger partial charge in [0.15, 0.2) is 0 Å². The maximum absolute atomic E-state index is 13.4. The summed E-state index contributed by atoms with van der Waals surface area (Å²) in [5.74, 6) is -0.664. The van der Waals surface area contributed by atoms with E-state index in [1.807, 2.05) is 36.4 Å². The van der Waals surface area contributed by atoms with Crippen LogP contribution in [0.5, 0.6) is 0 Å². The fraction of sp³-hybridized carbons (Fsp3) is 0.0500. The van der Waals surface area contributed by atoms with Crippen LogP contribution < -0.4 is 10.6 Å². The van der Waals surface area contributed by atoms with Crippen molar-refractivity contribution in [2.45, 2.75) is 6.54 Å². The summed E-state index contributed by atoms with van der Waals surface area (Å²) in [6.07, 6.45) is 3.36. The van der Waals surface area contributed by atoms with Crippen LogP contribution in [0, 0.1) is 5.82 Å². The number of pyridine rings is 1. The Bertz CT molecular complexity index is 963. The van der Waals surface area contributed by atoms with Crippen LogP contribution >= 0.6 is 15.9 Å². The Labute approximate surface area is 164 Å². The molecule has 0 radical (unpaired) electrons. The average Bonchev–Trinajstić information content (AvgIpc) is 2.67. The zero-order valence-corrected chi connectivity index (χ0v) is 15.8. The van der Waals surface area contributed by atoms with Crippen LogP contribution in [0.3, 0.4) is 0 Å². The van der Waals surface area contributed by atoms with E-state index in [9.17, 15) is 9.18 Å². The van der Waals surface area contributed by atoms with Crippen molar-refractivity contribution >= 4 is 33.5 Å². The summed E-state index contributed by atoms with van der Waals surface area (Å²) in [5, 5.41) is 5.79. The Morgan fingerprint density at radius 2 is 1.85 bits per heavy atom. The maximum Gasteiger partial charge on any atom is 0.258 e. The number of halogens is 2. The molecule has 0 aliphatic carbocycles. The molecular formula is C20H16BrFN4O. The predicted molar refractivity (Wildman–Crippen MR) is 107 cm³/mol. The first-order valence-corrected chi connectivity index (χ1v) is 8.92. The second-order valence-electron chi connectivity index (χ2n) is 5.62. The van der Waals surface area contributed by atoms with Crippen LogP contribution in [0.2, 0.25) is 0 Å². The van der Waals surface area contributed by atoms with Gasteiger partial charge < -0.3 is 5.32 Å². The number of anilines is 1. The first kappa shape index (κ1) is 18.7. The predicted octanol–water partition coefficient (Wildman–Crippen LogP) is 4.38. The van der Waals surface area contributed by atoms with Gasteiger partial charge in [0.05, 0.1) is 6.54 Å². The van der Waals surface area contributed by atoms with E-state index in [0.717, 1.165) is 15.7 Å². The van der Waals surface area contributed by atoms with Gasteiger partial charge in [-0.2, -0.15) is 0 Å². The Hall–Kier alpha value is -3.06. The smallest absolute Gasteiger partial charge is 0.258 e. The maximum atomic E-state index is 13.4. The average molecular weight is 427 g/mol. The molecule has 0 saturated heterocycles. The van der Waals surface area contributed by atoms with E-state index in [2.05, 4.69) is 36.5 Å². The van der Waals surface area contributed by atoms with Crippen LogP contribution in [0.15, 0.2) is 82.5 Å². The van der Waals surface area contributed by atoms with Gasteiger partial charge in [0.25, 0.3) is 5.91 Å². The van der Waals surface area contributed by atoms with Gasteiger partial charge in [0.1, 0.15) is 5.82 Å². The van der Waals surface area contributed by atoms with Gasteiger partial charge in [-0.05, 0) is 54.1 Å². The topological polar surface area (TPSA) is 66.4 Å². The standard InChI is InChI=1S/C20H16BrFN4O/c21-16-4-2-6-18(12-16)25-20(24-13-14-7-9-23-10-8-14)26-19(27)15-3-1-5-17(22)11-15/h1-12H,13H2,(H2,24,25,26,27). The van der Waals surface area contributed by atoms with E-state index in [1.165, 1.54) is 24.3 Å². The fourth-order valence-corrected chi connectivity index (χ4v) is 2.68. The molecule has 0 saturated carbocycles. The Balaban J connectivity index is 1.81. The summed E-state index contributed by atoms with van der Waals surface area (Å²) < 4.78 is 14.3. The van der Waals surface area contributed by atoms with E-state index in [4.69, 9.17) is 0 Å². The van der Waals surface area contributed by atoms with Crippen LogP contribution in [-0.4, -0.2) is 16.9 Å². The molecule has 1 aromatic heterocycles. The molecule has 27 heavy (non-hydrogen) atoms. The van der Waals surface area contributed by atoms with Crippen molar-refractivity contribution in [3.8, 4) is 0 Å². The molecule has 1 amide bonds. The Morgan fingerprint density at radius 1 is 1.07 bits per heavy atom. The highest BCUT2D eigenvalue weighted by Crippen LogP contribution is 2.15. The number of benzene rings is 2. The van der Waals surface area contributed by atoms with Crippen LogP contribution in [0.4, 0.5) is 10.1 Å². The fourth-order valence-electron chi connectivity index (χ4n) is 2.28. The number of aliphatic imine (C=N–C) groups is 1. The van der Waals surface area contributed by atoms with Crippen LogP contribution in [0.1, 0.15) is 15.9 Å². The molecule has 0 atom stereocenters. The van der Waals surface area contributed by atoms with Gasteiger partial charge in [-0.1, -0.05) is 28.1 Å². The molecule has 0 unspecified atom stereocenters. The molecule has 0 spiro atoms. The van der Waals surface area contributed by atoms with Gasteiger partial charge >= 0.3 is 0 Å². The number of carbonyl (C=O) groups is 1. The monoisotopic (exact) mass is 426 g/mol. The molecule has 0 aliphatic heterocycles. The van der Waals surface area contributed by atoms with Gasteiger partial charge in [-0.15, -0.1) is 0 Å². The first-order valence-electron chi connectivity index (χ1n) is 8.13. The van der Waals surface area contributed by atoms with Crippen LogP contribution in [-0.2, 0) is 6.54 Å². The van der Waals surface area contributed by atoms with E-state index in [0.29, 0.717) is 6.54 Å². The molecule has 3 rings (SSSR count). The van der Waals surface area contributed by atoms with Crippen molar-refractivity contribution in [1.29, 1.82) is 0 Å². The molecule has 0 aliphatic rings. The minimum absolute atomic E-state index is 0.211. The number of hydrogen-bond donors (Lipinski definition) is 2. The van der Waals surface area contributed by atoms with Gasteiger partial charge in [-0.25, -0.2) is 9.38 Å². The normalized spacial score (nSPS) is 11.1. The summed E-state index contributed by atoms with van der Waals surface area (Å²) in [6, 6.07) is 16.6. The van der Waals surface area contributed by atoms with Gasteiger partial charge in [0, 0.05) is 28.1 Å². The van der Waals surface area contributed by atoms with Crippen molar-refractivity contribution < 1.29 is 9.18 Å². The number of hydrogen-bond acceptors (Lipinski definition) is 3. The molecule has 3 aromatic rings. The molecule has 5 nitrogen and oxygen atoms in total. The van der Waals surface area contributed by atoms with Gasteiger partial charge in [-0.3, -0.25) is 15.1 Å². The lowest BCUT2D eigenvalue weighted by molar-refractivity contribution is 0.0976. The molecular weight excluding hydrogens is 411 g/mol. The number of amides is 1. The Kier molecular flexibility index (Phi) is 6.27. The zero-order valence-electron chi connectivity index (χ0n) is 14.2. The number of carbonyl (C=O) groups excluding carboxylic acids is 1. The van der Waals surface area contributed by atoms with Crippen molar-refractivity contribution in [3.05, 3.63) is 94.5 Å². The minimum Gasteiger partial charge on any atom is -0.326 e. The van der Waals surface area contributed by atoms with Crippen molar-refractivity contribution in [3.63, 3.8) is 0 Å². The van der Waals surface area contributed by atoms with E-state index in [-0.39, 0.29) is 11.5 Å². The Morgan fingerprint density at radius 3 is 2.59 bits per heavy atom. The van der Waals surface area contributed by atoms with Gasteiger partial charge in [0.2, 0.25) is 5.96 Å². The quantitative estimate of drug-likeness (QED) is 0.480. The van der Waals surface area contributed by atoms with Crippen molar-refractivity contribution in [1.82, 2.24) is 10.3 Å². The summed E-state index contributed by atoms with van der Waals surface area (Å²) >= 11 is 3.41. The van der Waals surface area contributed by atoms with E-state index in [1.54, 1.807) is 12.4 Å².